The monoisotopic (exact) mass is 329 g/mol. The molecule has 1 rings (SSSR count). The Bertz CT molecular complexity index is 528. The van der Waals surface area contributed by atoms with E-state index in [0.717, 1.165) is 32.1 Å². The van der Waals surface area contributed by atoms with E-state index in [1.165, 1.54) is 12.1 Å². The molecule has 1 aromatic carbocycles. The molecule has 0 radical (unpaired) electrons. The molecule has 7 heteroatoms. The van der Waals surface area contributed by atoms with Gasteiger partial charge >= 0.3 is 7.60 Å². The van der Waals surface area contributed by atoms with Crippen LogP contribution in [0.3, 0.4) is 0 Å². The van der Waals surface area contributed by atoms with Crippen molar-refractivity contribution in [1.29, 1.82) is 0 Å². The molecule has 4 N–H and O–H groups in total. The number of aliphatic hydroxyl groups is 1. The van der Waals surface area contributed by atoms with Gasteiger partial charge in [0.1, 0.15) is 0 Å². The summed E-state index contributed by atoms with van der Waals surface area (Å²) >= 11 is 0. The highest BCUT2D eigenvalue weighted by Crippen LogP contribution is 2.51. The third kappa shape index (κ3) is 6.28. The molecule has 0 spiro atoms. The van der Waals surface area contributed by atoms with Gasteiger partial charge in [-0.05, 0) is 12.5 Å². The summed E-state index contributed by atoms with van der Waals surface area (Å²) in [6.07, 6.45) is 5.49. The number of para-hydroxylation sites is 1. The van der Waals surface area contributed by atoms with E-state index in [-0.39, 0.29) is 17.2 Å². The molecule has 0 aliphatic rings. The first-order chi connectivity index (χ1) is 10.4. The van der Waals surface area contributed by atoms with Crippen LogP contribution < -0.4 is 5.32 Å². The van der Waals surface area contributed by atoms with Crippen LogP contribution in [-0.4, -0.2) is 20.8 Å². The summed E-state index contributed by atoms with van der Waals surface area (Å²) < 4.78 is 11.2. The number of carbonyl (C=O) groups excluding carboxylic acids is 1. The SMILES string of the molecule is CCCCCCCC(=O)Nc1ccccc1C(O)P(=O)(O)O. The predicted molar refractivity (Wildman–Crippen MR) is 85.5 cm³/mol. The zero-order chi connectivity index (χ0) is 16.6. The fourth-order valence-corrected chi connectivity index (χ4v) is 2.71. The van der Waals surface area contributed by atoms with Gasteiger partial charge in [0.25, 0.3) is 0 Å². The van der Waals surface area contributed by atoms with Crippen LogP contribution in [0.4, 0.5) is 5.69 Å². The number of hydrogen-bond acceptors (Lipinski definition) is 3. The molecular formula is C15H24NO5P. The lowest BCUT2D eigenvalue weighted by Gasteiger charge is -2.17. The largest absolute Gasteiger partial charge is 0.376 e. The van der Waals surface area contributed by atoms with E-state index >= 15 is 0 Å². The second-order valence-electron chi connectivity index (χ2n) is 5.26. The van der Waals surface area contributed by atoms with Gasteiger partial charge in [-0.3, -0.25) is 9.36 Å². The van der Waals surface area contributed by atoms with Crippen LogP contribution in [0.25, 0.3) is 0 Å². The predicted octanol–water partition coefficient (Wildman–Crippen LogP) is 3.15. The van der Waals surface area contributed by atoms with Crippen LogP contribution in [-0.2, 0) is 9.36 Å². The Morgan fingerprint density at radius 2 is 1.82 bits per heavy atom. The molecule has 22 heavy (non-hydrogen) atoms. The van der Waals surface area contributed by atoms with Crippen molar-refractivity contribution in [1.82, 2.24) is 0 Å². The number of aliphatic hydroxyl groups excluding tert-OH is 1. The molecule has 0 bridgehead atoms. The first-order valence-electron chi connectivity index (χ1n) is 7.48. The summed E-state index contributed by atoms with van der Waals surface area (Å²) in [6.45, 7) is 2.12. The lowest BCUT2D eigenvalue weighted by Crippen LogP contribution is -2.14. The molecule has 0 aliphatic heterocycles. The van der Waals surface area contributed by atoms with Crippen molar-refractivity contribution in [2.45, 2.75) is 51.3 Å². The molecule has 1 atom stereocenters. The fraction of sp³-hybridized carbons (Fsp3) is 0.533. The Morgan fingerprint density at radius 1 is 1.18 bits per heavy atom. The number of anilines is 1. The minimum absolute atomic E-state index is 0.0233. The van der Waals surface area contributed by atoms with Gasteiger partial charge in [-0.2, -0.15) is 0 Å². The Balaban J connectivity index is 2.62. The van der Waals surface area contributed by atoms with Gasteiger partial charge in [-0.25, -0.2) is 0 Å². The summed E-state index contributed by atoms with van der Waals surface area (Å²) in [7, 11) is -4.68. The van der Waals surface area contributed by atoms with Crippen molar-refractivity contribution in [2.24, 2.45) is 0 Å². The summed E-state index contributed by atoms with van der Waals surface area (Å²) in [5.41, 5.74) is 0.257. The Kier molecular flexibility index (Phi) is 7.76. The Labute approximate surface area is 130 Å². The smallest absolute Gasteiger partial charge is 0.358 e. The van der Waals surface area contributed by atoms with Gasteiger partial charge in [0, 0.05) is 17.7 Å². The molecule has 0 aliphatic carbocycles. The van der Waals surface area contributed by atoms with E-state index in [2.05, 4.69) is 12.2 Å². The Morgan fingerprint density at radius 3 is 2.45 bits per heavy atom. The number of unbranched alkanes of at least 4 members (excludes halogenated alkanes) is 4. The summed E-state index contributed by atoms with van der Waals surface area (Å²) in [6, 6.07) is 6.09. The van der Waals surface area contributed by atoms with Gasteiger partial charge < -0.3 is 20.2 Å². The standard InChI is InChI=1S/C15H24NO5P/c1-2-3-4-5-6-11-14(17)16-13-10-8-7-9-12(13)15(18)22(19,20)21/h7-10,15,18H,2-6,11H2,1H3,(H,16,17)(H2,19,20,21). The fourth-order valence-electron chi connectivity index (χ4n) is 2.12. The minimum atomic E-state index is -4.68. The second kappa shape index (κ2) is 9.06. The van der Waals surface area contributed by atoms with Crippen molar-refractivity contribution in [3.05, 3.63) is 29.8 Å². The molecule has 0 saturated heterocycles. The summed E-state index contributed by atoms with van der Waals surface area (Å²) in [5, 5.41) is 12.3. The number of rotatable bonds is 9. The van der Waals surface area contributed by atoms with Crippen LogP contribution in [0, 0.1) is 0 Å². The van der Waals surface area contributed by atoms with Gasteiger partial charge in [-0.15, -0.1) is 0 Å². The average Bonchev–Trinajstić information content (AvgIpc) is 2.46. The molecule has 6 nitrogen and oxygen atoms in total. The van der Waals surface area contributed by atoms with E-state index in [1.807, 2.05) is 0 Å². The average molecular weight is 329 g/mol. The number of carbonyl (C=O) groups is 1. The van der Waals surface area contributed by atoms with Crippen molar-refractivity contribution in [3.8, 4) is 0 Å². The first-order valence-corrected chi connectivity index (χ1v) is 9.16. The van der Waals surface area contributed by atoms with Crippen LogP contribution in [0.1, 0.15) is 56.9 Å². The molecule has 0 aromatic heterocycles. The highest BCUT2D eigenvalue weighted by atomic mass is 31.2. The normalized spacial score (nSPS) is 12.9. The topological polar surface area (TPSA) is 107 Å². The van der Waals surface area contributed by atoms with E-state index in [0.29, 0.717) is 6.42 Å². The molecule has 0 heterocycles. The van der Waals surface area contributed by atoms with E-state index in [4.69, 9.17) is 9.79 Å². The molecule has 0 saturated carbocycles. The van der Waals surface area contributed by atoms with E-state index in [9.17, 15) is 14.5 Å². The van der Waals surface area contributed by atoms with Gasteiger partial charge in [0.05, 0.1) is 0 Å². The van der Waals surface area contributed by atoms with Crippen LogP contribution in [0.15, 0.2) is 24.3 Å². The molecule has 124 valence electrons. The Hall–Kier alpha value is -1.20. The minimum Gasteiger partial charge on any atom is -0.376 e. The van der Waals surface area contributed by atoms with E-state index < -0.39 is 13.4 Å². The van der Waals surface area contributed by atoms with Crippen LogP contribution >= 0.6 is 7.60 Å². The molecule has 0 fully saturated rings. The highest BCUT2D eigenvalue weighted by Gasteiger charge is 2.30. The summed E-state index contributed by atoms with van der Waals surface area (Å²) in [5.74, 6) is -2.16. The van der Waals surface area contributed by atoms with Crippen molar-refractivity contribution in [3.63, 3.8) is 0 Å². The van der Waals surface area contributed by atoms with Crippen molar-refractivity contribution < 1.29 is 24.3 Å². The van der Waals surface area contributed by atoms with Gasteiger partial charge in [0.2, 0.25) is 5.91 Å². The van der Waals surface area contributed by atoms with Gasteiger partial charge in [0.15, 0.2) is 5.85 Å². The lowest BCUT2D eigenvalue weighted by molar-refractivity contribution is -0.116. The van der Waals surface area contributed by atoms with E-state index in [1.54, 1.807) is 12.1 Å². The van der Waals surface area contributed by atoms with Crippen LogP contribution in [0.2, 0.25) is 0 Å². The number of amides is 1. The maximum atomic E-state index is 11.9. The maximum Gasteiger partial charge on any atom is 0.358 e. The molecule has 1 unspecified atom stereocenters. The highest BCUT2D eigenvalue weighted by molar-refractivity contribution is 7.51. The third-order valence-electron chi connectivity index (χ3n) is 3.34. The zero-order valence-corrected chi connectivity index (χ0v) is 13.6. The van der Waals surface area contributed by atoms with Crippen molar-refractivity contribution >= 4 is 19.2 Å². The third-order valence-corrected chi connectivity index (χ3v) is 4.25. The molecule has 1 aromatic rings. The second-order valence-corrected chi connectivity index (χ2v) is 6.93. The van der Waals surface area contributed by atoms with Crippen molar-refractivity contribution in [2.75, 3.05) is 5.32 Å². The first kappa shape index (κ1) is 18.8. The number of nitrogens with one attached hydrogen (secondary N) is 1. The van der Waals surface area contributed by atoms with Crippen LogP contribution in [0.5, 0.6) is 0 Å². The molecular weight excluding hydrogens is 305 g/mol. The number of hydrogen-bond donors (Lipinski definition) is 4. The number of benzene rings is 1. The lowest BCUT2D eigenvalue weighted by atomic mass is 10.1. The maximum absolute atomic E-state index is 11.9. The summed E-state index contributed by atoms with van der Waals surface area (Å²) in [4.78, 5) is 30.0. The van der Waals surface area contributed by atoms with Gasteiger partial charge in [-0.1, -0.05) is 50.8 Å². The zero-order valence-electron chi connectivity index (χ0n) is 12.7. The molecule has 1 amide bonds. The quantitative estimate of drug-likeness (QED) is 0.411.